The van der Waals surface area contributed by atoms with Gasteiger partial charge in [-0.05, 0) is 25.0 Å². The highest BCUT2D eigenvalue weighted by atomic mass is 35.5. The third kappa shape index (κ3) is 3.23. The zero-order valence-electron chi connectivity index (χ0n) is 8.21. The lowest BCUT2D eigenvalue weighted by molar-refractivity contribution is 0.160. The lowest BCUT2D eigenvalue weighted by atomic mass is 10.0. The van der Waals surface area contributed by atoms with Crippen molar-refractivity contribution in [2.24, 2.45) is 0 Å². The fourth-order valence-corrected chi connectivity index (χ4v) is 1.66. The second-order valence-corrected chi connectivity index (χ2v) is 3.65. The van der Waals surface area contributed by atoms with Crippen LogP contribution < -0.4 is 0 Å². The van der Waals surface area contributed by atoms with E-state index in [1.165, 1.54) is 12.1 Å². The van der Waals surface area contributed by atoms with Crippen molar-refractivity contribution in [3.05, 3.63) is 34.6 Å². The fourth-order valence-electron chi connectivity index (χ4n) is 1.37. The average molecular weight is 227 g/mol. The molecule has 0 saturated carbocycles. The molecule has 0 amide bonds. The molecule has 0 aliphatic heterocycles. The van der Waals surface area contributed by atoms with Crippen molar-refractivity contribution in [2.45, 2.75) is 25.4 Å². The summed E-state index contributed by atoms with van der Waals surface area (Å²) in [7, 11) is 0. The monoisotopic (exact) mass is 226 g/mol. The Balaban J connectivity index is 2.73. The second kappa shape index (κ2) is 5.75. The zero-order chi connectivity index (χ0) is 11.3. The normalized spacial score (nSPS) is 12.1. The Morgan fingerprint density at radius 3 is 2.87 bits per heavy atom. The first-order valence-corrected chi connectivity index (χ1v) is 5.10. The zero-order valence-corrected chi connectivity index (χ0v) is 8.97. The molecule has 0 aliphatic carbocycles. The summed E-state index contributed by atoms with van der Waals surface area (Å²) >= 11 is 5.80. The molecule has 0 radical (unpaired) electrons. The SMILES string of the molecule is C#CCCCC(O)c1c(F)cccc1Cl. The third-order valence-corrected chi connectivity index (χ3v) is 2.46. The van der Waals surface area contributed by atoms with Gasteiger partial charge in [0.05, 0.1) is 6.10 Å². The maximum Gasteiger partial charge on any atom is 0.130 e. The smallest absolute Gasteiger partial charge is 0.130 e. The van der Waals surface area contributed by atoms with Crippen LogP contribution in [0.25, 0.3) is 0 Å². The second-order valence-electron chi connectivity index (χ2n) is 3.25. The van der Waals surface area contributed by atoms with Crippen LogP contribution in [-0.2, 0) is 0 Å². The van der Waals surface area contributed by atoms with E-state index >= 15 is 0 Å². The van der Waals surface area contributed by atoms with Crippen molar-refractivity contribution in [3.8, 4) is 12.3 Å². The van der Waals surface area contributed by atoms with E-state index in [-0.39, 0.29) is 10.6 Å². The van der Waals surface area contributed by atoms with Gasteiger partial charge in [-0.15, -0.1) is 12.3 Å². The molecule has 1 aromatic rings. The lowest BCUT2D eigenvalue weighted by Gasteiger charge is -2.12. The van der Waals surface area contributed by atoms with Crippen LogP contribution in [0.15, 0.2) is 18.2 Å². The van der Waals surface area contributed by atoms with Crippen molar-refractivity contribution in [3.63, 3.8) is 0 Å². The first-order chi connectivity index (χ1) is 7.16. The van der Waals surface area contributed by atoms with Crippen molar-refractivity contribution in [1.82, 2.24) is 0 Å². The van der Waals surface area contributed by atoms with Crippen LogP contribution in [0.3, 0.4) is 0 Å². The Morgan fingerprint density at radius 2 is 2.27 bits per heavy atom. The minimum Gasteiger partial charge on any atom is -0.388 e. The van der Waals surface area contributed by atoms with E-state index in [1.54, 1.807) is 6.07 Å². The van der Waals surface area contributed by atoms with Crippen LogP contribution in [-0.4, -0.2) is 5.11 Å². The number of unbranched alkanes of at least 4 members (excludes halogenated alkanes) is 1. The quantitative estimate of drug-likeness (QED) is 0.617. The maximum atomic E-state index is 13.3. The van der Waals surface area contributed by atoms with Crippen molar-refractivity contribution in [2.75, 3.05) is 0 Å². The van der Waals surface area contributed by atoms with Crippen molar-refractivity contribution in [1.29, 1.82) is 0 Å². The summed E-state index contributed by atoms with van der Waals surface area (Å²) in [6.45, 7) is 0. The Hall–Kier alpha value is -1.04. The maximum absolute atomic E-state index is 13.3. The first-order valence-electron chi connectivity index (χ1n) is 4.72. The Bertz CT molecular complexity index is 350. The Labute approximate surface area is 93.9 Å². The molecular weight excluding hydrogens is 215 g/mol. The minimum absolute atomic E-state index is 0.163. The van der Waals surface area contributed by atoms with Gasteiger partial charge in [-0.1, -0.05) is 17.7 Å². The molecule has 1 unspecified atom stereocenters. The number of hydrogen-bond acceptors (Lipinski definition) is 1. The molecule has 1 aromatic carbocycles. The van der Waals surface area contributed by atoms with Gasteiger partial charge in [0.2, 0.25) is 0 Å². The summed E-state index contributed by atoms with van der Waals surface area (Å²) in [6, 6.07) is 4.35. The van der Waals surface area contributed by atoms with Crippen LogP contribution in [0.4, 0.5) is 4.39 Å². The van der Waals surface area contributed by atoms with E-state index < -0.39 is 11.9 Å². The highest BCUT2D eigenvalue weighted by Crippen LogP contribution is 2.28. The largest absolute Gasteiger partial charge is 0.388 e. The van der Waals surface area contributed by atoms with Gasteiger partial charge in [0.1, 0.15) is 5.82 Å². The fraction of sp³-hybridized carbons (Fsp3) is 0.333. The van der Waals surface area contributed by atoms with Crippen molar-refractivity contribution < 1.29 is 9.50 Å². The number of hydrogen-bond donors (Lipinski definition) is 1. The molecule has 0 aromatic heterocycles. The predicted molar refractivity (Wildman–Crippen MR) is 59.1 cm³/mol. The van der Waals surface area contributed by atoms with Gasteiger partial charge in [0.25, 0.3) is 0 Å². The number of rotatable bonds is 4. The van der Waals surface area contributed by atoms with E-state index in [0.717, 1.165) is 0 Å². The summed E-state index contributed by atoms with van der Waals surface area (Å²) in [6.07, 6.45) is 5.85. The highest BCUT2D eigenvalue weighted by Gasteiger charge is 2.15. The molecule has 0 saturated heterocycles. The molecular formula is C12H12ClFO. The molecule has 1 nitrogen and oxygen atoms in total. The van der Waals surface area contributed by atoms with Crippen LogP contribution in [0.2, 0.25) is 5.02 Å². The summed E-state index contributed by atoms with van der Waals surface area (Å²) in [5.41, 5.74) is 0.163. The number of benzene rings is 1. The molecule has 1 rings (SSSR count). The van der Waals surface area contributed by atoms with Gasteiger partial charge in [-0.25, -0.2) is 4.39 Å². The van der Waals surface area contributed by atoms with Crippen LogP contribution in [0, 0.1) is 18.2 Å². The molecule has 1 N–H and O–H groups in total. The number of aliphatic hydroxyl groups excluding tert-OH is 1. The van der Waals surface area contributed by atoms with Gasteiger partial charge < -0.3 is 5.11 Å². The van der Waals surface area contributed by atoms with E-state index in [0.29, 0.717) is 19.3 Å². The molecule has 0 heterocycles. The first kappa shape index (κ1) is 12.0. The Kier molecular flexibility index (Phi) is 4.61. The molecule has 0 spiro atoms. The summed E-state index contributed by atoms with van der Waals surface area (Å²) < 4.78 is 13.3. The number of terminal acetylenes is 1. The minimum atomic E-state index is -0.882. The van der Waals surface area contributed by atoms with Gasteiger partial charge in [0.15, 0.2) is 0 Å². The lowest BCUT2D eigenvalue weighted by Crippen LogP contribution is -2.01. The third-order valence-electron chi connectivity index (χ3n) is 2.13. The molecule has 3 heteroatoms. The molecule has 0 bridgehead atoms. The topological polar surface area (TPSA) is 20.2 Å². The van der Waals surface area contributed by atoms with E-state index in [1.807, 2.05) is 0 Å². The van der Waals surface area contributed by atoms with Gasteiger partial charge in [0, 0.05) is 17.0 Å². The number of aliphatic hydroxyl groups is 1. The van der Waals surface area contributed by atoms with Gasteiger partial charge in [-0.3, -0.25) is 0 Å². The Morgan fingerprint density at radius 1 is 1.53 bits per heavy atom. The molecule has 1 atom stereocenters. The summed E-state index contributed by atoms with van der Waals surface area (Å²) in [4.78, 5) is 0. The van der Waals surface area contributed by atoms with Gasteiger partial charge in [-0.2, -0.15) is 0 Å². The van der Waals surface area contributed by atoms with Crippen LogP contribution >= 0.6 is 11.6 Å². The molecule has 0 aliphatic rings. The van der Waals surface area contributed by atoms with Crippen LogP contribution in [0.1, 0.15) is 30.9 Å². The summed E-state index contributed by atoms with van der Waals surface area (Å²) in [5.74, 6) is 1.99. The number of halogens is 2. The van der Waals surface area contributed by atoms with Crippen LogP contribution in [0.5, 0.6) is 0 Å². The van der Waals surface area contributed by atoms with E-state index in [2.05, 4.69) is 5.92 Å². The molecule has 0 fully saturated rings. The van der Waals surface area contributed by atoms with E-state index in [9.17, 15) is 9.50 Å². The molecule has 80 valence electrons. The average Bonchev–Trinajstić information content (AvgIpc) is 2.18. The highest BCUT2D eigenvalue weighted by molar-refractivity contribution is 6.31. The van der Waals surface area contributed by atoms with Crippen molar-refractivity contribution >= 4 is 11.6 Å². The van der Waals surface area contributed by atoms with E-state index in [4.69, 9.17) is 18.0 Å². The van der Waals surface area contributed by atoms with Gasteiger partial charge >= 0.3 is 0 Å². The summed E-state index contributed by atoms with van der Waals surface area (Å²) in [5, 5.41) is 9.97. The predicted octanol–water partition coefficient (Wildman–Crippen LogP) is 3.32. The molecule has 15 heavy (non-hydrogen) atoms. The standard InChI is InChI=1S/C12H12ClFO/c1-2-3-4-8-11(15)12-9(13)6-5-7-10(12)14/h1,5-7,11,15H,3-4,8H2.